The fourth-order valence-electron chi connectivity index (χ4n) is 2.94. The Morgan fingerprint density at radius 1 is 1.12 bits per heavy atom. The van der Waals surface area contributed by atoms with Gasteiger partial charge in [0.25, 0.3) is 0 Å². The second-order valence-corrected chi connectivity index (χ2v) is 6.09. The molecule has 0 unspecified atom stereocenters. The lowest BCUT2D eigenvalue weighted by atomic mass is 10.1. The highest BCUT2D eigenvalue weighted by Gasteiger charge is 2.16. The molecule has 1 heterocycles. The van der Waals surface area contributed by atoms with Crippen LogP contribution in [0.3, 0.4) is 0 Å². The number of aryl methyl sites for hydroxylation is 2. The lowest BCUT2D eigenvalue weighted by molar-refractivity contribution is 0.212. The number of nitrogens with zero attached hydrogens (tertiary/aromatic N) is 1. The van der Waals surface area contributed by atoms with Gasteiger partial charge in [-0.1, -0.05) is 29.8 Å². The summed E-state index contributed by atoms with van der Waals surface area (Å²) < 4.78 is 0. The van der Waals surface area contributed by atoms with Crippen LogP contribution < -0.4 is 5.32 Å². The topological polar surface area (TPSA) is 48.1 Å². The van der Waals surface area contributed by atoms with Gasteiger partial charge in [-0.25, -0.2) is 4.79 Å². The number of aromatic nitrogens is 1. The molecule has 0 aliphatic heterocycles. The van der Waals surface area contributed by atoms with Gasteiger partial charge in [0.2, 0.25) is 0 Å². The van der Waals surface area contributed by atoms with Crippen LogP contribution in [0.4, 0.5) is 10.5 Å². The summed E-state index contributed by atoms with van der Waals surface area (Å²) >= 11 is 0. The molecule has 0 aliphatic carbocycles. The molecular weight excluding hydrogens is 298 g/mol. The van der Waals surface area contributed by atoms with Crippen molar-refractivity contribution < 1.29 is 4.79 Å². The molecule has 0 saturated carbocycles. The van der Waals surface area contributed by atoms with E-state index in [1.165, 1.54) is 16.5 Å². The van der Waals surface area contributed by atoms with Crippen molar-refractivity contribution >= 4 is 22.6 Å². The van der Waals surface area contributed by atoms with Gasteiger partial charge in [-0.05, 0) is 50.6 Å². The number of nitrogens with one attached hydrogen (secondary N) is 2. The molecule has 4 nitrogen and oxygen atoms in total. The molecule has 2 N–H and O–H groups in total. The smallest absolute Gasteiger partial charge is 0.322 e. The summed E-state index contributed by atoms with van der Waals surface area (Å²) in [5.41, 5.74) is 5.44. The van der Waals surface area contributed by atoms with E-state index >= 15 is 0 Å². The van der Waals surface area contributed by atoms with E-state index in [-0.39, 0.29) is 6.03 Å². The van der Waals surface area contributed by atoms with E-state index in [1.54, 1.807) is 0 Å². The molecule has 3 aromatic rings. The first-order valence-electron chi connectivity index (χ1n) is 8.27. The second kappa shape index (κ2) is 6.79. The predicted octanol–water partition coefficient (Wildman–Crippen LogP) is 4.84. The summed E-state index contributed by atoms with van der Waals surface area (Å²) in [5, 5.41) is 4.15. The Balaban J connectivity index is 1.84. The maximum absolute atomic E-state index is 12.6. The van der Waals surface area contributed by atoms with E-state index in [0.29, 0.717) is 13.1 Å². The molecule has 0 bridgehead atoms. The monoisotopic (exact) mass is 321 g/mol. The fraction of sp³-hybridized carbons (Fsp3) is 0.250. The Hall–Kier alpha value is -2.75. The Morgan fingerprint density at radius 2 is 1.88 bits per heavy atom. The number of hydrogen-bond acceptors (Lipinski definition) is 1. The summed E-state index contributed by atoms with van der Waals surface area (Å²) in [5.74, 6) is 0. The summed E-state index contributed by atoms with van der Waals surface area (Å²) in [4.78, 5) is 17.8. The van der Waals surface area contributed by atoms with Crippen molar-refractivity contribution in [1.29, 1.82) is 0 Å². The number of para-hydroxylation sites is 1. The van der Waals surface area contributed by atoms with Crippen molar-refractivity contribution in [1.82, 2.24) is 9.88 Å². The van der Waals surface area contributed by atoms with Crippen LogP contribution in [-0.4, -0.2) is 22.5 Å². The highest BCUT2D eigenvalue weighted by atomic mass is 16.2. The maximum atomic E-state index is 12.6. The van der Waals surface area contributed by atoms with Gasteiger partial charge in [0, 0.05) is 35.4 Å². The van der Waals surface area contributed by atoms with E-state index < -0.39 is 0 Å². The summed E-state index contributed by atoms with van der Waals surface area (Å²) in [6.45, 7) is 7.39. The molecular formula is C20H23N3O. The van der Waals surface area contributed by atoms with Crippen LogP contribution in [0.15, 0.2) is 48.5 Å². The minimum absolute atomic E-state index is 0.0786. The third-order valence-corrected chi connectivity index (χ3v) is 4.32. The molecule has 124 valence electrons. The summed E-state index contributed by atoms with van der Waals surface area (Å²) in [7, 11) is 0. The number of carbonyl (C=O) groups is 1. The zero-order chi connectivity index (χ0) is 17.1. The molecule has 1 aromatic heterocycles. The van der Waals surface area contributed by atoms with E-state index in [4.69, 9.17) is 0 Å². The average Bonchev–Trinajstić information content (AvgIpc) is 2.88. The number of anilines is 1. The van der Waals surface area contributed by atoms with Gasteiger partial charge in [0.05, 0.1) is 0 Å². The summed E-state index contributed by atoms with van der Waals surface area (Å²) in [6.07, 6.45) is 0. The lowest BCUT2D eigenvalue weighted by Crippen LogP contribution is -2.34. The van der Waals surface area contributed by atoms with Crippen LogP contribution in [-0.2, 0) is 6.54 Å². The van der Waals surface area contributed by atoms with Gasteiger partial charge >= 0.3 is 6.03 Å². The average molecular weight is 321 g/mol. The molecule has 0 spiro atoms. The number of benzene rings is 2. The zero-order valence-corrected chi connectivity index (χ0v) is 14.4. The largest absolute Gasteiger partial charge is 0.358 e. The lowest BCUT2D eigenvalue weighted by Gasteiger charge is -2.22. The van der Waals surface area contributed by atoms with Gasteiger partial charge in [0.1, 0.15) is 0 Å². The van der Waals surface area contributed by atoms with E-state index in [9.17, 15) is 4.79 Å². The van der Waals surface area contributed by atoms with E-state index in [2.05, 4.69) is 42.3 Å². The van der Waals surface area contributed by atoms with Crippen molar-refractivity contribution in [3.8, 4) is 0 Å². The van der Waals surface area contributed by atoms with Crippen LogP contribution in [0.5, 0.6) is 0 Å². The van der Waals surface area contributed by atoms with Crippen LogP contribution in [0.1, 0.15) is 23.7 Å². The molecule has 2 aromatic carbocycles. The number of fused-ring (bicyclic) bond motifs is 1. The van der Waals surface area contributed by atoms with Crippen molar-refractivity contribution in [2.24, 2.45) is 0 Å². The highest BCUT2D eigenvalue weighted by molar-refractivity contribution is 5.90. The Labute approximate surface area is 142 Å². The van der Waals surface area contributed by atoms with Gasteiger partial charge in [-0.3, -0.25) is 0 Å². The van der Waals surface area contributed by atoms with E-state index in [1.807, 2.05) is 42.2 Å². The second-order valence-electron chi connectivity index (χ2n) is 6.09. The number of H-pyrrole nitrogens is 1. The van der Waals surface area contributed by atoms with Crippen molar-refractivity contribution in [2.45, 2.75) is 27.3 Å². The minimum atomic E-state index is -0.0786. The quantitative estimate of drug-likeness (QED) is 0.710. The number of urea groups is 1. The number of rotatable bonds is 4. The Morgan fingerprint density at radius 3 is 2.58 bits per heavy atom. The molecule has 0 atom stereocenters. The third-order valence-electron chi connectivity index (χ3n) is 4.32. The number of aromatic amines is 1. The summed E-state index contributed by atoms with van der Waals surface area (Å²) in [6, 6.07) is 15.9. The van der Waals surface area contributed by atoms with Gasteiger partial charge in [-0.15, -0.1) is 0 Å². The van der Waals surface area contributed by atoms with Crippen molar-refractivity contribution in [3.63, 3.8) is 0 Å². The van der Waals surface area contributed by atoms with Gasteiger partial charge in [-0.2, -0.15) is 0 Å². The highest BCUT2D eigenvalue weighted by Crippen LogP contribution is 2.25. The minimum Gasteiger partial charge on any atom is -0.358 e. The molecule has 0 aliphatic rings. The molecule has 0 saturated heterocycles. The number of amides is 2. The van der Waals surface area contributed by atoms with Crippen LogP contribution in [0.25, 0.3) is 10.9 Å². The molecule has 3 rings (SSSR count). The standard InChI is InChI=1S/C20H23N3O/c1-4-23(20(24)22-16-8-6-5-7-9-16)13-18-15(3)21-19-11-10-14(2)12-17(18)19/h5-12,21H,4,13H2,1-3H3,(H,22,24). The van der Waals surface area contributed by atoms with Gasteiger partial charge in [0.15, 0.2) is 0 Å². The van der Waals surface area contributed by atoms with Crippen LogP contribution in [0.2, 0.25) is 0 Å². The zero-order valence-electron chi connectivity index (χ0n) is 14.4. The molecule has 0 fully saturated rings. The number of hydrogen-bond donors (Lipinski definition) is 2. The fourth-order valence-corrected chi connectivity index (χ4v) is 2.94. The van der Waals surface area contributed by atoms with Crippen LogP contribution >= 0.6 is 0 Å². The Kier molecular flexibility index (Phi) is 4.56. The molecule has 0 radical (unpaired) electrons. The Bertz CT molecular complexity index is 852. The van der Waals surface area contributed by atoms with Crippen molar-refractivity contribution in [3.05, 3.63) is 65.4 Å². The molecule has 24 heavy (non-hydrogen) atoms. The molecule has 4 heteroatoms. The van der Waals surface area contributed by atoms with Crippen LogP contribution in [0, 0.1) is 13.8 Å². The van der Waals surface area contributed by atoms with E-state index in [0.717, 1.165) is 16.9 Å². The SMILES string of the molecule is CCN(Cc1c(C)[nH]c2ccc(C)cc12)C(=O)Nc1ccccc1. The normalized spacial score (nSPS) is 10.8. The first kappa shape index (κ1) is 16.1. The van der Waals surface area contributed by atoms with Gasteiger partial charge < -0.3 is 15.2 Å². The van der Waals surface area contributed by atoms with Crippen molar-refractivity contribution in [2.75, 3.05) is 11.9 Å². The maximum Gasteiger partial charge on any atom is 0.322 e. The predicted molar refractivity (Wildman–Crippen MR) is 99.3 cm³/mol. The third kappa shape index (κ3) is 3.27. The molecule has 2 amide bonds. The first-order valence-corrected chi connectivity index (χ1v) is 8.27. The number of carbonyl (C=O) groups excluding carboxylic acids is 1. The first-order chi connectivity index (χ1) is 11.6.